The van der Waals surface area contributed by atoms with Crippen LogP contribution in [-0.4, -0.2) is 34.1 Å². The van der Waals surface area contributed by atoms with E-state index in [0.717, 1.165) is 23.0 Å². The average Bonchev–Trinajstić information content (AvgIpc) is 2.44. The molecule has 1 N–H and O–H groups in total. The predicted octanol–water partition coefficient (Wildman–Crippen LogP) is 1.22. The first-order chi connectivity index (χ1) is 9.63. The second-order valence-electron chi connectivity index (χ2n) is 4.56. The molecule has 6 nitrogen and oxygen atoms in total. The van der Waals surface area contributed by atoms with Gasteiger partial charge in [0, 0.05) is 11.9 Å². The smallest absolute Gasteiger partial charge is 0.324 e. The van der Waals surface area contributed by atoms with Gasteiger partial charge in [-0.25, -0.2) is 0 Å². The molecule has 0 radical (unpaired) electrons. The fourth-order valence-corrected chi connectivity index (χ4v) is 2.02. The molecule has 0 unspecified atom stereocenters. The Kier molecular flexibility index (Phi) is 4.34. The van der Waals surface area contributed by atoms with E-state index in [0.29, 0.717) is 11.9 Å². The third-order valence-electron chi connectivity index (χ3n) is 3.03. The molecule has 106 valence electrons. The third kappa shape index (κ3) is 2.96. The first-order valence-electron chi connectivity index (χ1n) is 6.57. The van der Waals surface area contributed by atoms with Crippen LogP contribution in [0.25, 0.3) is 10.8 Å². The van der Waals surface area contributed by atoms with E-state index < -0.39 is 5.97 Å². The molecule has 0 saturated carbocycles. The van der Waals surface area contributed by atoms with Gasteiger partial charge in [-0.05, 0) is 12.5 Å². The molecular weight excluding hydrogens is 258 g/mol. The Morgan fingerprint density at radius 3 is 2.85 bits per heavy atom. The molecule has 0 aliphatic heterocycles. The summed E-state index contributed by atoms with van der Waals surface area (Å²) in [6.45, 7) is 2.24. The van der Waals surface area contributed by atoms with Crippen molar-refractivity contribution in [3.05, 3.63) is 40.8 Å². The molecule has 0 saturated heterocycles. The van der Waals surface area contributed by atoms with Crippen LogP contribution in [0.1, 0.15) is 19.8 Å². The van der Waals surface area contributed by atoms with Crippen LogP contribution in [0.4, 0.5) is 0 Å². The summed E-state index contributed by atoms with van der Waals surface area (Å²) in [4.78, 5) is 24.5. The van der Waals surface area contributed by atoms with Gasteiger partial charge >= 0.3 is 5.97 Å². The number of nitrogens with zero attached hydrogens (tertiary/aromatic N) is 3. The van der Waals surface area contributed by atoms with Crippen LogP contribution in [0.2, 0.25) is 0 Å². The van der Waals surface area contributed by atoms with Crippen molar-refractivity contribution >= 4 is 16.7 Å². The summed E-state index contributed by atoms with van der Waals surface area (Å²) in [5.41, 5.74) is -0.291. The predicted molar refractivity (Wildman–Crippen MR) is 76.5 cm³/mol. The van der Waals surface area contributed by atoms with Crippen molar-refractivity contribution in [1.29, 1.82) is 0 Å². The van der Waals surface area contributed by atoms with Gasteiger partial charge in [-0.15, -0.1) is 4.79 Å². The Balaban J connectivity index is 2.44. The van der Waals surface area contributed by atoms with Gasteiger partial charge in [-0.3, -0.25) is 14.6 Å². The van der Waals surface area contributed by atoms with Gasteiger partial charge in [-0.1, -0.05) is 31.5 Å². The number of hydrogen-bond acceptors (Lipinski definition) is 4. The minimum atomic E-state index is -0.983. The maximum absolute atomic E-state index is 12.4. The third-order valence-corrected chi connectivity index (χ3v) is 3.03. The van der Waals surface area contributed by atoms with E-state index in [1.807, 2.05) is 19.1 Å². The molecule has 0 amide bonds. The average molecular weight is 275 g/mol. The van der Waals surface area contributed by atoms with Gasteiger partial charge in [0.15, 0.2) is 0 Å². The maximum Gasteiger partial charge on any atom is 0.324 e. The van der Waals surface area contributed by atoms with E-state index in [-0.39, 0.29) is 12.1 Å². The number of hydrogen-bond donors (Lipinski definition) is 1. The highest BCUT2D eigenvalue weighted by atomic mass is 16.4. The Hall–Kier alpha value is -2.37. The number of fused-ring (bicyclic) bond motifs is 1. The van der Waals surface area contributed by atoms with Gasteiger partial charge in [0.2, 0.25) is 0 Å². The Morgan fingerprint density at radius 1 is 1.40 bits per heavy atom. The van der Waals surface area contributed by atoms with Gasteiger partial charge in [-0.2, -0.15) is 5.10 Å². The summed E-state index contributed by atoms with van der Waals surface area (Å²) in [6, 6.07) is 7.14. The number of benzene rings is 1. The van der Waals surface area contributed by atoms with Crippen molar-refractivity contribution in [2.45, 2.75) is 19.8 Å². The molecule has 0 atom stereocenters. The second kappa shape index (κ2) is 6.18. The molecule has 0 fully saturated rings. The highest BCUT2D eigenvalue weighted by molar-refractivity contribution is 5.80. The minimum absolute atomic E-state index is 0.245. The van der Waals surface area contributed by atoms with Crippen molar-refractivity contribution in [1.82, 2.24) is 9.89 Å². The molecule has 2 rings (SSSR count). The number of carboxylic acids is 1. The molecule has 2 aromatic rings. The van der Waals surface area contributed by atoms with Crippen LogP contribution in [0.15, 0.2) is 35.3 Å². The highest BCUT2D eigenvalue weighted by Crippen LogP contribution is 2.06. The molecule has 0 spiro atoms. The topological polar surface area (TPSA) is 75.4 Å². The lowest BCUT2D eigenvalue weighted by Gasteiger charge is -2.23. The van der Waals surface area contributed by atoms with Crippen molar-refractivity contribution in [3.63, 3.8) is 0 Å². The van der Waals surface area contributed by atoms with E-state index >= 15 is 0 Å². The first kappa shape index (κ1) is 14.0. The highest BCUT2D eigenvalue weighted by Gasteiger charge is 2.13. The lowest BCUT2D eigenvalue weighted by Crippen LogP contribution is -2.47. The first-order valence-corrected chi connectivity index (χ1v) is 6.57. The van der Waals surface area contributed by atoms with Crippen LogP contribution < -0.4 is 10.6 Å². The molecule has 1 aromatic heterocycles. The number of carboxylic acid groups (broad SMARTS) is 1. The minimum Gasteiger partial charge on any atom is -0.480 e. The quantitative estimate of drug-likeness (QED) is 0.858. The number of rotatable bonds is 6. The van der Waals surface area contributed by atoms with Crippen LogP contribution in [-0.2, 0) is 4.79 Å². The maximum atomic E-state index is 12.4. The number of aliphatic carboxylic acids is 1. The fraction of sp³-hybridized carbons (Fsp3) is 0.357. The van der Waals surface area contributed by atoms with Crippen molar-refractivity contribution < 1.29 is 9.90 Å². The Morgan fingerprint density at radius 2 is 2.15 bits per heavy atom. The molecule has 20 heavy (non-hydrogen) atoms. The monoisotopic (exact) mass is 275 g/mol. The zero-order valence-electron chi connectivity index (χ0n) is 11.3. The Bertz CT molecular complexity index is 666. The number of unbranched alkanes of at least 4 members (excludes halogenated alkanes) is 1. The summed E-state index contributed by atoms with van der Waals surface area (Å²) in [5.74, 6) is -0.983. The summed E-state index contributed by atoms with van der Waals surface area (Å²) >= 11 is 0. The molecular formula is C14H17N3O3. The zero-order chi connectivity index (χ0) is 14.5. The van der Waals surface area contributed by atoms with Crippen LogP contribution in [0.3, 0.4) is 0 Å². The summed E-state index contributed by atoms with van der Waals surface area (Å²) in [5, 5.41) is 15.8. The lowest BCUT2D eigenvalue weighted by molar-refractivity contribution is -0.135. The summed E-state index contributed by atoms with van der Waals surface area (Å²) in [7, 11) is 0. The molecule has 1 heterocycles. The summed E-state index contributed by atoms with van der Waals surface area (Å²) < 4.78 is 0. The normalized spacial score (nSPS) is 10.7. The zero-order valence-corrected chi connectivity index (χ0v) is 11.3. The van der Waals surface area contributed by atoms with E-state index in [1.165, 1.54) is 5.01 Å². The molecule has 0 bridgehead atoms. The second-order valence-corrected chi connectivity index (χ2v) is 4.56. The van der Waals surface area contributed by atoms with Crippen LogP contribution in [0, 0.1) is 0 Å². The van der Waals surface area contributed by atoms with E-state index in [1.54, 1.807) is 18.3 Å². The molecule has 1 aromatic carbocycles. The largest absolute Gasteiger partial charge is 0.480 e. The van der Waals surface area contributed by atoms with E-state index in [9.17, 15) is 9.59 Å². The summed E-state index contributed by atoms with van der Waals surface area (Å²) in [6.07, 6.45) is 3.30. The van der Waals surface area contributed by atoms with Gasteiger partial charge in [0.25, 0.3) is 5.56 Å². The van der Waals surface area contributed by atoms with Gasteiger partial charge in [0.1, 0.15) is 6.54 Å². The van der Waals surface area contributed by atoms with Crippen LogP contribution >= 0.6 is 0 Å². The standard InChI is InChI=1S/C14H17N3O3/c1-2-3-8-16(10-13(18)19)17-14(20)12-7-5-4-6-11(12)9-15-17/h4-7,9H,2-3,8,10H2,1H3,(H,18,19). The van der Waals surface area contributed by atoms with Crippen molar-refractivity contribution in [2.75, 3.05) is 18.1 Å². The van der Waals surface area contributed by atoms with Crippen molar-refractivity contribution in [2.24, 2.45) is 0 Å². The van der Waals surface area contributed by atoms with Gasteiger partial charge in [0.05, 0.1) is 11.6 Å². The van der Waals surface area contributed by atoms with Crippen molar-refractivity contribution in [3.8, 4) is 0 Å². The molecule has 0 aliphatic carbocycles. The van der Waals surface area contributed by atoms with E-state index in [2.05, 4.69) is 5.10 Å². The number of aromatic nitrogens is 2. The van der Waals surface area contributed by atoms with Gasteiger partial charge < -0.3 is 5.11 Å². The number of carbonyl (C=O) groups is 1. The molecule has 6 heteroatoms. The van der Waals surface area contributed by atoms with Crippen LogP contribution in [0.5, 0.6) is 0 Å². The lowest BCUT2D eigenvalue weighted by atomic mass is 10.2. The molecule has 0 aliphatic rings. The SMILES string of the molecule is CCCCN(CC(=O)O)n1ncc2ccccc2c1=O. The van der Waals surface area contributed by atoms with E-state index in [4.69, 9.17) is 5.11 Å². The Labute approximate surface area is 116 Å². The fourth-order valence-electron chi connectivity index (χ4n) is 2.02.